The summed E-state index contributed by atoms with van der Waals surface area (Å²) in [6.45, 7) is 0.935. The third-order valence-corrected chi connectivity index (χ3v) is 5.54. The lowest BCUT2D eigenvalue weighted by Gasteiger charge is -2.29. The van der Waals surface area contributed by atoms with Gasteiger partial charge in [-0.2, -0.15) is 4.39 Å². The molecule has 0 spiro atoms. The fourth-order valence-electron chi connectivity index (χ4n) is 3.93. The van der Waals surface area contributed by atoms with E-state index in [0.717, 1.165) is 5.92 Å². The fraction of sp³-hybridized carbons (Fsp3) is 0.682. The molecule has 2 nitrogen and oxygen atoms in total. The van der Waals surface area contributed by atoms with Crippen LogP contribution in [0.5, 0.6) is 0 Å². The summed E-state index contributed by atoms with van der Waals surface area (Å²) in [6, 6.07) is 7.16. The average molecular weight is 366 g/mol. The fourth-order valence-corrected chi connectivity index (χ4v) is 3.93. The molecule has 4 heteroatoms. The van der Waals surface area contributed by atoms with Crippen LogP contribution in [0, 0.1) is 5.92 Å². The number of esters is 1. The third-order valence-electron chi connectivity index (χ3n) is 5.54. The van der Waals surface area contributed by atoms with Gasteiger partial charge in [0.25, 0.3) is 6.36 Å². The number of carbonyl (C=O) groups excluding carboxylic acids is 1. The van der Waals surface area contributed by atoms with Gasteiger partial charge in [-0.1, -0.05) is 57.6 Å². The van der Waals surface area contributed by atoms with Gasteiger partial charge in [-0.3, -0.25) is 0 Å². The Morgan fingerprint density at radius 1 is 1.08 bits per heavy atom. The van der Waals surface area contributed by atoms with Crippen LogP contribution in [-0.4, -0.2) is 19.0 Å². The number of hydrogen-bond donors (Lipinski definition) is 0. The predicted molar refractivity (Wildman–Crippen MR) is 101 cm³/mol. The van der Waals surface area contributed by atoms with Crippen LogP contribution in [0.2, 0.25) is 0 Å². The molecule has 0 bridgehead atoms. The molecule has 0 N–H and O–H groups in total. The van der Waals surface area contributed by atoms with Gasteiger partial charge in [0.15, 0.2) is 6.67 Å². The molecule has 0 aliphatic heterocycles. The number of ether oxygens (including phenoxy) is 1. The van der Waals surface area contributed by atoms with E-state index in [4.69, 9.17) is 0 Å². The summed E-state index contributed by atoms with van der Waals surface area (Å²) in [5.74, 6) is 0.592. The normalized spacial score (nSPS) is 21.3. The molecule has 146 valence electrons. The van der Waals surface area contributed by atoms with Gasteiger partial charge < -0.3 is 4.74 Å². The number of hydrogen-bond acceptors (Lipinski definition) is 2. The van der Waals surface area contributed by atoms with Crippen molar-refractivity contribution in [3.63, 3.8) is 0 Å². The van der Waals surface area contributed by atoms with Crippen LogP contribution in [0.3, 0.4) is 0 Å². The van der Waals surface area contributed by atoms with Crippen molar-refractivity contribution in [2.75, 3.05) is 6.67 Å². The van der Waals surface area contributed by atoms with E-state index in [1.165, 1.54) is 69.8 Å². The molecule has 1 atom stereocenters. The Kier molecular flexibility index (Phi) is 9.07. The maximum absolute atomic E-state index is 12.8. The summed E-state index contributed by atoms with van der Waals surface area (Å²) in [5.41, 5.74) is 1.50. The average Bonchev–Trinajstić information content (AvgIpc) is 2.68. The van der Waals surface area contributed by atoms with Gasteiger partial charge in [-0.15, -0.1) is 0 Å². The second-order valence-corrected chi connectivity index (χ2v) is 7.51. The first-order valence-electron chi connectivity index (χ1n) is 10.1. The first-order valence-corrected chi connectivity index (χ1v) is 10.1. The van der Waals surface area contributed by atoms with Crippen molar-refractivity contribution in [2.24, 2.45) is 5.92 Å². The number of rotatable bonds is 10. The van der Waals surface area contributed by atoms with Crippen LogP contribution in [-0.2, 0) is 4.74 Å². The van der Waals surface area contributed by atoms with Gasteiger partial charge in [-0.25, -0.2) is 9.18 Å². The Morgan fingerprint density at radius 2 is 1.73 bits per heavy atom. The zero-order valence-electron chi connectivity index (χ0n) is 15.9. The van der Waals surface area contributed by atoms with Gasteiger partial charge in [0, 0.05) is 0 Å². The first-order chi connectivity index (χ1) is 12.6. The molecular weight excluding hydrogens is 334 g/mol. The largest absolute Gasteiger partial charge is 0.425 e. The zero-order valence-corrected chi connectivity index (χ0v) is 15.9. The van der Waals surface area contributed by atoms with Crippen molar-refractivity contribution in [2.45, 2.75) is 83.4 Å². The van der Waals surface area contributed by atoms with Crippen molar-refractivity contribution in [3.05, 3.63) is 35.4 Å². The molecule has 0 saturated heterocycles. The number of benzene rings is 1. The molecular formula is C22H32F2O2. The second-order valence-electron chi connectivity index (χ2n) is 7.51. The van der Waals surface area contributed by atoms with Gasteiger partial charge in [0.05, 0.1) is 5.56 Å². The molecule has 0 heterocycles. The van der Waals surface area contributed by atoms with Crippen molar-refractivity contribution < 1.29 is 18.3 Å². The van der Waals surface area contributed by atoms with E-state index in [1.54, 1.807) is 12.1 Å². The summed E-state index contributed by atoms with van der Waals surface area (Å²) in [6.07, 6.45) is 10.9. The Balaban J connectivity index is 1.74. The number of carbonyl (C=O) groups is 1. The minimum atomic E-state index is -2.18. The van der Waals surface area contributed by atoms with Crippen LogP contribution in [0.4, 0.5) is 8.78 Å². The highest BCUT2D eigenvalue weighted by Crippen LogP contribution is 2.37. The van der Waals surface area contributed by atoms with Crippen LogP contribution in [0.15, 0.2) is 24.3 Å². The van der Waals surface area contributed by atoms with E-state index in [1.807, 2.05) is 12.1 Å². The quantitative estimate of drug-likeness (QED) is 0.338. The molecule has 0 aromatic heterocycles. The van der Waals surface area contributed by atoms with E-state index in [0.29, 0.717) is 5.92 Å². The first kappa shape index (κ1) is 20.9. The van der Waals surface area contributed by atoms with Gasteiger partial charge >= 0.3 is 5.97 Å². The van der Waals surface area contributed by atoms with Gasteiger partial charge in [0.2, 0.25) is 0 Å². The molecule has 1 aliphatic rings. The van der Waals surface area contributed by atoms with E-state index < -0.39 is 19.0 Å². The minimum Gasteiger partial charge on any atom is -0.425 e. The summed E-state index contributed by atoms with van der Waals surface area (Å²) >= 11 is 0. The number of halogens is 2. The standard InChI is InChI=1S/C22H32F2O2/c1-2-3-4-5-6-7-17-8-10-18(11-9-17)19-12-14-20(15-13-19)22(25)26-21(24)16-23/h12-15,17-18,21H,2-11,16H2,1H3/t17-,18-,21?. The monoisotopic (exact) mass is 366 g/mol. The highest BCUT2D eigenvalue weighted by atomic mass is 19.2. The van der Waals surface area contributed by atoms with E-state index in [2.05, 4.69) is 11.7 Å². The van der Waals surface area contributed by atoms with Crippen molar-refractivity contribution in [1.29, 1.82) is 0 Å². The van der Waals surface area contributed by atoms with E-state index >= 15 is 0 Å². The maximum atomic E-state index is 12.8. The summed E-state index contributed by atoms with van der Waals surface area (Å²) in [4.78, 5) is 11.7. The van der Waals surface area contributed by atoms with E-state index in [-0.39, 0.29) is 5.56 Å². The lowest BCUT2D eigenvalue weighted by molar-refractivity contribution is -0.0254. The zero-order chi connectivity index (χ0) is 18.8. The lowest BCUT2D eigenvalue weighted by atomic mass is 9.77. The van der Waals surface area contributed by atoms with Crippen LogP contribution in [0.25, 0.3) is 0 Å². The lowest BCUT2D eigenvalue weighted by Crippen LogP contribution is -2.16. The SMILES string of the molecule is CCCCCCC[C@H]1CC[C@H](c2ccc(C(=O)OC(F)CF)cc2)CC1. The van der Waals surface area contributed by atoms with Crippen molar-refractivity contribution >= 4 is 5.97 Å². The molecule has 1 fully saturated rings. The Hall–Kier alpha value is -1.45. The Bertz CT molecular complexity index is 521. The topological polar surface area (TPSA) is 26.3 Å². The number of unbranched alkanes of at least 4 members (excludes halogenated alkanes) is 4. The minimum absolute atomic E-state index is 0.269. The molecule has 0 radical (unpaired) electrons. The molecule has 1 unspecified atom stereocenters. The predicted octanol–water partition coefficient (Wildman–Crippen LogP) is 6.74. The van der Waals surface area contributed by atoms with Gasteiger partial charge in [-0.05, 0) is 55.2 Å². The smallest absolute Gasteiger partial charge is 0.340 e. The third kappa shape index (κ3) is 6.69. The summed E-state index contributed by atoms with van der Waals surface area (Å²) < 4.78 is 29.3. The van der Waals surface area contributed by atoms with Crippen molar-refractivity contribution in [1.82, 2.24) is 0 Å². The molecule has 1 aromatic carbocycles. The Morgan fingerprint density at radius 3 is 2.35 bits per heavy atom. The number of alkyl halides is 2. The highest BCUT2D eigenvalue weighted by Gasteiger charge is 2.22. The molecule has 2 rings (SSSR count). The molecule has 1 aliphatic carbocycles. The molecule has 1 saturated carbocycles. The van der Waals surface area contributed by atoms with Gasteiger partial charge in [0.1, 0.15) is 0 Å². The Labute approximate surface area is 156 Å². The summed E-state index contributed by atoms with van der Waals surface area (Å²) in [5, 5.41) is 0. The second kappa shape index (κ2) is 11.3. The summed E-state index contributed by atoms with van der Waals surface area (Å²) in [7, 11) is 0. The highest BCUT2D eigenvalue weighted by molar-refractivity contribution is 5.89. The molecule has 0 amide bonds. The van der Waals surface area contributed by atoms with E-state index in [9.17, 15) is 13.6 Å². The van der Waals surface area contributed by atoms with Crippen molar-refractivity contribution in [3.8, 4) is 0 Å². The molecule has 1 aromatic rings. The van der Waals surface area contributed by atoms with Crippen LogP contribution in [0.1, 0.15) is 93.0 Å². The maximum Gasteiger partial charge on any atom is 0.340 e. The van der Waals surface area contributed by atoms with Crippen LogP contribution < -0.4 is 0 Å². The van der Waals surface area contributed by atoms with Crippen LogP contribution >= 0.6 is 0 Å². The molecule has 26 heavy (non-hydrogen) atoms.